The molecule has 0 aliphatic rings. The lowest BCUT2D eigenvalue weighted by Crippen LogP contribution is -2.32. The largest absolute Gasteiger partial charge is 0.495 e. The standard InChI is InChI=1S/C16H15ClN2O6S/c1-10(16(20)18-14-9-11(17)3-8-15(14)25-2)26(23,24)13-6-4-12(5-7-13)19(21)22/h3-10H,1-2H3,(H,18,20)/t10-/m1/s1. The van der Waals surface area contributed by atoms with Gasteiger partial charge in [-0.2, -0.15) is 0 Å². The van der Waals surface area contributed by atoms with E-state index < -0.39 is 25.9 Å². The number of halogens is 1. The van der Waals surface area contributed by atoms with Crippen LogP contribution in [0.2, 0.25) is 5.02 Å². The van der Waals surface area contributed by atoms with Gasteiger partial charge in [-0.1, -0.05) is 11.6 Å². The molecule has 0 fully saturated rings. The first-order chi connectivity index (χ1) is 12.2. The Bertz CT molecular complexity index is 944. The first-order valence-electron chi connectivity index (χ1n) is 7.29. The molecule has 0 saturated heterocycles. The van der Waals surface area contributed by atoms with Crippen LogP contribution in [-0.4, -0.2) is 31.6 Å². The van der Waals surface area contributed by atoms with Gasteiger partial charge in [-0.05, 0) is 37.3 Å². The Balaban J connectivity index is 2.26. The number of amides is 1. The summed E-state index contributed by atoms with van der Waals surface area (Å²) < 4.78 is 30.3. The van der Waals surface area contributed by atoms with Crippen LogP contribution in [0.1, 0.15) is 6.92 Å². The van der Waals surface area contributed by atoms with E-state index in [1.807, 2.05) is 0 Å². The summed E-state index contributed by atoms with van der Waals surface area (Å²) >= 11 is 5.88. The van der Waals surface area contributed by atoms with Crippen LogP contribution in [-0.2, 0) is 14.6 Å². The van der Waals surface area contributed by atoms with E-state index >= 15 is 0 Å². The summed E-state index contributed by atoms with van der Waals surface area (Å²) in [5.41, 5.74) is -0.0135. The smallest absolute Gasteiger partial charge is 0.269 e. The van der Waals surface area contributed by atoms with Gasteiger partial charge < -0.3 is 10.1 Å². The van der Waals surface area contributed by atoms with Crippen molar-refractivity contribution in [1.82, 2.24) is 0 Å². The Morgan fingerprint density at radius 3 is 2.38 bits per heavy atom. The number of hydrogen-bond acceptors (Lipinski definition) is 6. The molecule has 1 N–H and O–H groups in total. The van der Waals surface area contributed by atoms with E-state index in [-0.39, 0.29) is 16.3 Å². The van der Waals surface area contributed by atoms with Gasteiger partial charge in [0.05, 0.1) is 22.6 Å². The van der Waals surface area contributed by atoms with Crippen LogP contribution < -0.4 is 10.1 Å². The van der Waals surface area contributed by atoms with Crippen LogP contribution in [0.3, 0.4) is 0 Å². The second-order valence-corrected chi connectivity index (χ2v) is 7.98. The third-order valence-corrected chi connectivity index (χ3v) is 5.94. The van der Waals surface area contributed by atoms with Crippen molar-refractivity contribution in [2.75, 3.05) is 12.4 Å². The quantitative estimate of drug-likeness (QED) is 0.590. The van der Waals surface area contributed by atoms with Crippen molar-refractivity contribution < 1.29 is 22.9 Å². The van der Waals surface area contributed by atoms with E-state index in [1.165, 1.54) is 26.2 Å². The van der Waals surface area contributed by atoms with Gasteiger partial charge in [-0.15, -0.1) is 0 Å². The second kappa shape index (κ2) is 7.71. The Morgan fingerprint density at radius 1 is 1.23 bits per heavy atom. The summed E-state index contributed by atoms with van der Waals surface area (Å²) in [5, 5.41) is 12.0. The van der Waals surface area contributed by atoms with Gasteiger partial charge in [0.25, 0.3) is 5.69 Å². The lowest BCUT2D eigenvalue weighted by molar-refractivity contribution is -0.384. The Kier molecular flexibility index (Phi) is 5.83. The van der Waals surface area contributed by atoms with Crippen molar-refractivity contribution in [3.63, 3.8) is 0 Å². The number of carbonyl (C=O) groups is 1. The zero-order chi connectivity index (χ0) is 19.5. The first kappa shape index (κ1) is 19.7. The molecule has 0 aliphatic carbocycles. The molecule has 138 valence electrons. The Labute approximate surface area is 154 Å². The maximum absolute atomic E-state index is 12.6. The summed E-state index contributed by atoms with van der Waals surface area (Å²) in [6, 6.07) is 8.85. The van der Waals surface area contributed by atoms with E-state index in [2.05, 4.69) is 5.32 Å². The normalized spacial score (nSPS) is 12.3. The fourth-order valence-electron chi connectivity index (χ4n) is 2.11. The predicted molar refractivity (Wildman–Crippen MR) is 96.4 cm³/mol. The van der Waals surface area contributed by atoms with Crippen LogP contribution in [0.15, 0.2) is 47.4 Å². The SMILES string of the molecule is COc1ccc(Cl)cc1NC(=O)[C@@H](C)S(=O)(=O)c1ccc([N+](=O)[O-])cc1. The number of ether oxygens (including phenoxy) is 1. The molecule has 1 amide bonds. The number of methoxy groups -OCH3 is 1. The molecule has 0 radical (unpaired) electrons. The molecule has 1 atom stereocenters. The molecule has 0 spiro atoms. The van der Waals surface area contributed by atoms with Crippen molar-refractivity contribution in [2.45, 2.75) is 17.1 Å². The highest BCUT2D eigenvalue weighted by atomic mass is 35.5. The lowest BCUT2D eigenvalue weighted by atomic mass is 10.3. The fraction of sp³-hybridized carbons (Fsp3) is 0.188. The zero-order valence-electron chi connectivity index (χ0n) is 13.8. The average molecular weight is 399 g/mol. The van der Waals surface area contributed by atoms with Gasteiger partial charge >= 0.3 is 0 Å². The number of non-ortho nitro benzene ring substituents is 1. The summed E-state index contributed by atoms with van der Waals surface area (Å²) in [5.74, 6) is -0.466. The van der Waals surface area contributed by atoms with Gasteiger partial charge in [-0.25, -0.2) is 8.42 Å². The Hall–Kier alpha value is -2.65. The molecular formula is C16H15ClN2O6S. The monoisotopic (exact) mass is 398 g/mol. The van der Waals surface area contributed by atoms with Crippen LogP contribution in [0.25, 0.3) is 0 Å². The minimum atomic E-state index is -4.04. The summed E-state index contributed by atoms with van der Waals surface area (Å²) in [6.07, 6.45) is 0. The molecule has 2 aromatic rings. The number of nitro benzene ring substituents is 1. The molecule has 10 heteroatoms. The van der Waals surface area contributed by atoms with Crippen molar-refractivity contribution in [1.29, 1.82) is 0 Å². The minimum absolute atomic E-state index is 0.191. The molecule has 26 heavy (non-hydrogen) atoms. The summed E-state index contributed by atoms with van der Waals surface area (Å²) in [4.78, 5) is 22.2. The number of nitrogens with zero attached hydrogens (tertiary/aromatic N) is 1. The molecule has 0 bridgehead atoms. The Morgan fingerprint density at radius 2 is 1.85 bits per heavy atom. The van der Waals surface area contributed by atoms with Gasteiger partial charge in [0, 0.05) is 17.2 Å². The zero-order valence-corrected chi connectivity index (χ0v) is 15.4. The van der Waals surface area contributed by atoms with Crippen LogP contribution >= 0.6 is 11.6 Å². The van der Waals surface area contributed by atoms with Crippen molar-refractivity contribution in [2.24, 2.45) is 0 Å². The van der Waals surface area contributed by atoms with E-state index in [0.29, 0.717) is 10.8 Å². The third kappa shape index (κ3) is 4.12. The fourth-order valence-corrected chi connectivity index (χ4v) is 3.55. The topological polar surface area (TPSA) is 116 Å². The molecule has 2 aromatic carbocycles. The first-order valence-corrected chi connectivity index (χ1v) is 9.22. The molecule has 0 saturated carbocycles. The number of carbonyl (C=O) groups excluding carboxylic acids is 1. The highest BCUT2D eigenvalue weighted by Crippen LogP contribution is 2.28. The van der Waals surface area contributed by atoms with Crippen molar-refractivity contribution >= 4 is 38.7 Å². The van der Waals surface area contributed by atoms with Crippen molar-refractivity contribution in [3.8, 4) is 5.75 Å². The molecule has 2 rings (SSSR count). The number of nitro groups is 1. The average Bonchev–Trinajstić information content (AvgIpc) is 2.61. The molecular weight excluding hydrogens is 384 g/mol. The number of anilines is 1. The number of hydrogen-bond donors (Lipinski definition) is 1. The molecule has 0 unspecified atom stereocenters. The van der Waals surface area contributed by atoms with Crippen molar-refractivity contribution in [3.05, 3.63) is 57.6 Å². The second-order valence-electron chi connectivity index (χ2n) is 5.27. The molecule has 0 heterocycles. The maximum atomic E-state index is 12.6. The summed E-state index contributed by atoms with van der Waals surface area (Å²) in [7, 11) is -2.64. The molecule has 0 aromatic heterocycles. The van der Waals surface area contributed by atoms with E-state index in [4.69, 9.17) is 16.3 Å². The number of sulfone groups is 1. The molecule has 8 nitrogen and oxygen atoms in total. The van der Waals surface area contributed by atoms with Gasteiger partial charge in [0.2, 0.25) is 5.91 Å². The number of rotatable bonds is 6. The van der Waals surface area contributed by atoms with E-state index in [1.54, 1.807) is 6.07 Å². The van der Waals surface area contributed by atoms with Crippen LogP contribution in [0, 0.1) is 10.1 Å². The van der Waals surface area contributed by atoms with Gasteiger partial charge in [0.15, 0.2) is 9.84 Å². The number of nitrogens with one attached hydrogen (secondary N) is 1. The maximum Gasteiger partial charge on any atom is 0.269 e. The third-order valence-electron chi connectivity index (χ3n) is 3.63. The predicted octanol–water partition coefficient (Wildman–Crippen LogP) is 3.06. The van der Waals surface area contributed by atoms with E-state index in [0.717, 1.165) is 24.3 Å². The molecule has 0 aliphatic heterocycles. The summed E-state index contributed by atoms with van der Waals surface area (Å²) in [6.45, 7) is 1.23. The lowest BCUT2D eigenvalue weighted by Gasteiger charge is -2.15. The van der Waals surface area contributed by atoms with Gasteiger partial charge in [0.1, 0.15) is 11.0 Å². The van der Waals surface area contributed by atoms with Crippen LogP contribution in [0.5, 0.6) is 5.75 Å². The highest BCUT2D eigenvalue weighted by Gasteiger charge is 2.30. The van der Waals surface area contributed by atoms with E-state index in [9.17, 15) is 23.3 Å². The highest BCUT2D eigenvalue weighted by molar-refractivity contribution is 7.92. The minimum Gasteiger partial charge on any atom is -0.495 e. The number of benzene rings is 2. The van der Waals surface area contributed by atoms with Gasteiger partial charge in [-0.3, -0.25) is 14.9 Å². The van der Waals surface area contributed by atoms with Crippen LogP contribution in [0.4, 0.5) is 11.4 Å².